The van der Waals surface area contributed by atoms with Crippen molar-refractivity contribution in [2.24, 2.45) is 17.8 Å². The molecule has 1 N–H and O–H groups in total. The van der Waals surface area contributed by atoms with Gasteiger partial charge in [-0.3, -0.25) is 4.98 Å². The molecule has 0 spiro atoms. The van der Waals surface area contributed by atoms with Crippen molar-refractivity contribution in [2.75, 3.05) is 7.05 Å². The van der Waals surface area contributed by atoms with Crippen molar-refractivity contribution in [1.29, 1.82) is 0 Å². The highest BCUT2D eigenvalue weighted by Crippen LogP contribution is 2.39. The molecule has 1 aromatic carbocycles. The van der Waals surface area contributed by atoms with Crippen LogP contribution in [0.15, 0.2) is 36.4 Å². The van der Waals surface area contributed by atoms with Crippen molar-refractivity contribution in [3.63, 3.8) is 0 Å². The standard InChI is InChI=1S/C19H26N2/c1-13-8-9-16(12-14(13)2)19(20-3)18-11-10-15-6-4-5-7-17(15)21-18/h4-7,10-11,13-14,16,19-20H,8-9,12H2,1-3H3. The number of rotatable bonds is 3. The highest BCUT2D eigenvalue weighted by atomic mass is 14.9. The number of hydrogen-bond acceptors (Lipinski definition) is 2. The van der Waals surface area contributed by atoms with Gasteiger partial charge in [0.05, 0.1) is 17.3 Å². The van der Waals surface area contributed by atoms with Crippen LogP contribution >= 0.6 is 0 Å². The second-order valence-corrected chi connectivity index (χ2v) is 6.72. The third kappa shape index (κ3) is 2.96. The minimum absolute atomic E-state index is 0.379. The van der Waals surface area contributed by atoms with Gasteiger partial charge in [-0.15, -0.1) is 0 Å². The molecular formula is C19H26N2. The maximum Gasteiger partial charge on any atom is 0.0706 e. The topological polar surface area (TPSA) is 24.9 Å². The summed E-state index contributed by atoms with van der Waals surface area (Å²) in [5.74, 6) is 2.39. The van der Waals surface area contributed by atoms with Crippen LogP contribution in [0.2, 0.25) is 0 Å². The van der Waals surface area contributed by atoms with E-state index in [9.17, 15) is 0 Å². The van der Waals surface area contributed by atoms with Gasteiger partial charge in [-0.1, -0.05) is 44.5 Å². The normalized spacial score (nSPS) is 27.7. The third-order valence-electron chi connectivity index (χ3n) is 5.36. The molecule has 2 nitrogen and oxygen atoms in total. The van der Waals surface area contributed by atoms with Crippen LogP contribution in [0.1, 0.15) is 44.8 Å². The Bertz CT molecular complexity index is 607. The molecule has 1 aliphatic carbocycles. The van der Waals surface area contributed by atoms with Gasteiger partial charge in [0.2, 0.25) is 0 Å². The van der Waals surface area contributed by atoms with Gasteiger partial charge < -0.3 is 5.32 Å². The van der Waals surface area contributed by atoms with Gasteiger partial charge in [0.15, 0.2) is 0 Å². The van der Waals surface area contributed by atoms with Crippen LogP contribution < -0.4 is 5.32 Å². The summed E-state index contributed by atoms with van der Waals surface area (Å²) in [5, 5.41) is 4.75. The Morgan fingerprint density at radius 1 is 1.05 bits per heavy atom. The smallest absolute Gasteiger partial charge is 0.0706 e. The molecule has 2 heteroatoms. The van der Waals surface area contributed by atoms with E-state index in [0.717, 1.165) is 17.4 Å². The molecule has 1 aromatic heterocycles. The van der Waals surface area contributed by atoms with Crippen LogP contribution in [0.3, 0.4) is 0 Å². The molecule has 0 saturated heterocycles. The van der Waals surface area contributed by atoms with Crippen LogP contribution in [-0.2, 0) is 0 Å². The monoisotopic (exact) mass is 282 g/mol. The zero-order valence-corrected chi connectivity index (χ0v) is 13.3. The average Bonchev–Trinajstić information content (AvgIpc) is 2.51. The first kappa shape index (κ1) is 14.5. The Morgan fingerprint density at radius 2 is 1.86 bits per heavy atom. The fraction of sp³-hybridized carbons (Fsp3) is 0.526. The molecule has 21 heavy (non-hydrogen) atoms. The average molecular weight is 282 g/mol. The second kappa shape index (κ2) is 6.15. The summed E-state index contributed by atoms with van der Waals surface area (Å²) in [6.45, 7) is 4.79. The molecule has 1 heterocycles. The van der Waals surface area contributed by atoms with Gasteiger partial charge in [0, 0.05) is 5.39 Å². The highest BCUT2D eigenvalue weighted by molar-refractivity contribution is 5.78. The lowest BCUT2D eigenvalue weighted by Crippen LogP contribution is -2.32. The summed E-state index contributed by atoms with van der Waals surface area (Å²) >= 11 is 0. The number of benzene rings is 1. The predicted octanol–water partition coefficient (Wildman–Crippen LogP) is 4.57. The number of fused-ring (bicyclic) bond motifs is 1. The van der Waals surface area contributed by atoms with E-state index in [1.54, 1.807) is 0 Å². The number of nitrogens with one attached hydrogen (secondary N) is 1. The Morgan fingerprint density at radius 3 is 2.62 bits per heavy atom. The Kier molecular flexibility index (Phi) is 4.25. The lowest BCUT2D eigenvalue weighted by atomic mass is 9.72. The van der Waals surface area contributed by atoms with Crippen molar-refractivity contribution in [3.05, 3.63) is 42.1 Å². The number of nitrogens with zero attached hydrogens (tertiary/aromatic N) is 1. The zero-order chi connectivity index (χ0) is 14.8. The molecule has 0 radical (unpaired) electrons. The minimum atomic E-state index is 0.379. The van der Waals surface area contributed by atoms with Crippen molar-refractivity contribution >= 4 is 10.9 Å². The molecule has 4 atom stereocenters. The van der Waals surface area contributed by atoms with E-state index in [1.165, 1.54) is 30.3 Å². The fourth-order valence-electron chi connectivity index (χ4n) is 3.77. The first-order valence-corrected chi connectivity index (χ1v) is 8.22. The van der Waals surface area contributed by atoms with Gasteiger partial charge in [0.25, 0.3) is 0 Å². The summed E-state index contributed by atoms with van der Waals surface area (Å²) in [5.41, 5.74) is 2.30. The molecule has 1 saturated carbocycles. The first-order valence-electron chi connectivity index (χ1n) is 8.22. The molecule has 0 amide bonds. The highest BCUT2D eigenvalue weighted by Gasteiger charge is 2.30. The predicted molar refractivity (Wildman–Crippen MR) is 89.2 cm³/mol. The van der Waals surface area contributed by atoms with Crippen molar-refractivity contribution in [3.8, 4) is 0 Å². The van der Waals surface area contributed by atoms with Gasteiger partial charge in [-0.25, -0.2) is 0 Å². The van der Waals surface area contributed by atoms with Crippen molar-refractivity contribution in [1.82, 2.24) is 10.3 Å². The first-order chi connectivity index (χ1) is 10.2. The van der Waals surface area contributed by atoms with E-state index in [-0.39, 0.29) is 0 Å². The molecule has 0 bridgehead atoms. The minimum Gasteiger partial charge on any atom is -0.311 e. The Hall–Kier alpha value is -1.41. The molecule has 4 unspecified atom stereocenters. The van der Waals surface area contributed by atoms with Gasteiger partial charge in [-0.05, 0) is 49.8 Å². The molecular weight excluding hydrogens is 256 g/mol. The SMILES string of the molecule is CNC(c1ccc2ccccc2n1)C1CCC(C)C(C)C1. The molecule has 112 valence electrons. The Balaban J connectivity index is 1.87. The van der Waals surface area contributed by atoms with Gasteiger partial charge in [-0.2, -0.15) is 0 Å². The molecule has 1 fully saturated rings. The molecule has 1 aliphatic rings. The maximum absolute atomic E-state index is 4.90. The maximum atomic E-state index is 4.90. The summed E-state index contributed by atoms with van der Waals surface area (Å²) in [4.78, 5) is 4.90. The molecule has 3 rings (SSSR count). The zero-order valence-electron chi connectivity index (χ0n) is 13.3. The van der Waals surface area contributed by atoms with Crippen LogP contribution in [-0.4, -0.2) is 12.0 Å². The summed E-state index contributed by atoms with van der Waals surface area (Å²) in [6.07, 6.45) is 3.96. The lowest BCUT2D eigenvalue weighted by molar-refractivity contribution is 0.173. The van der Waals surface area contributed by atoms with E-state index in [4.69, 9.17) is 4.98 Å². The summed E-state index contributed by atoms with van der Waals surface area (Å²) < 4.78 is 0. The second-order valence-electron chi connectivity index (χ2n) is 6.72. The fourth-order valence-corrected chi connectivity index (χ4v) is 3.77. The van der Waals surface area contributed by atoms with E-state index in [1.807, 2.05) is 0 Å². The summed E-state index contributed by atoms with van der Waals surface area (Å²) in [6, 6.07) is 13.2. The molecule has 0 aliphatic heterocycles. The van der Waals surface area contributed by atoms with Crippen LogP contribution in [0.4, 0.5) is 0 Å². The quantitative estimate of drug-likeness (QED) is 0.892. The van der Waals surface area contributed by atoms with E-state index in [0.29, 0.717) is 12.0 Å². The largest absolute Gasteiger partial charge is 0.311 e. The molecule has 2 aromatic rings. The lowest BCUT2D eigenvalue weighted by Gasteiger charge is -2.36. The summed E-state index contributed by atoms with van der Waals surface area (Å²) in [7, 11) is 2.07. The Labute approximate surface area is 128 Å². The number of para-hydroxylation sites is 1. The van der Waals surface area contributed by atoms with Gasteiger partial charge in [0.1, 0.15) is 0 Å². The van der Waals surface area contributed by atoms with Crippen molar-refractivity contribution < 1.29 is 0 Å². The van der Waals surface area contributed by atoms with E-state index in [2.05, 4.69) is 62.6 Å². The van der Waals surface area contributed by atoms with E-state index >= 15 is 0 Å². The van der Waals surface area contributed by atoms with Crippen LogP contribution in [0.5, 0.6) is 0 Å². The van der Waals surface area contributed by atoms with Gasteiger partial charge >= 0.3 is 0 Å². The number of aromatic nitrogens is 1. The third-order valence-corrected chi connectivity index (χ3v) is 5.36. The van der Waals surface area contributed by atoms with Crippen molar-refractivity contribution in [2.45, 2.75) is 39.2 Å². The van der Waals surface area contributed by atoms with Crippen LogP contribution in [0.25, 0.3) is 10.9 Å². The number of hydrogen-bond donors (Lipinski definition) is 1. The van der Waals surface area contributed by atoms with Crippen LogP contribution in [0, 0.1) is 17.8 Å². The number of pyridine rings is 1. The van der Waals surface area contributed by atoms with E-state index < -0.39 is 0 Å².